The summed E-state index contributed by atoms with van der Waals surface area (Å²) in [6.45, 7) is 0. The molecule has 2 bridgehead atoms. The van der Waals surface area contributed by atoms with E-state index in [1.165, 1.54) is 22.3 Å². The number of hydrogen-bond donors (Lipinski definition) is 0. The molecule has 2 aromatic rings. The van der Waals surface area contributed by atoms with E-state index < -0.39 is 0 Å². The molecule has 2 unspecified atom stereocenters. The Bertz CT molecular complexity index is 588. The second kappa shape index (κ2) is 2.98. The second-order valence-electron chi connectivity index (χ2n) is 4.76. The minimum atomic E-state index is 0.346. The summed E-state index contributed by atoms with van der Waals surface area (Å²) in [5.41, 5.74) is 5.02. The molecule has 2 atom stereocenters. The van der Waals surface area contributed by atoms with Gasteiger partial charge in [0, 0.05) is 11.8 Å². The summed E-state index contributed by atoms with van der Waals surface area (Å²) in [6.07, 6.45) is 2.26. The highest BCUT2D eigenvalue weighted by Crippen LogP contribution is 2.52. The maximum absolute atomic E-state index is 8.15. The maximum Gasteiger partial charge on any atom is 0.0626 e. The van der Waals surface area contributed by atoms with Crippen LogP contribution in [0.15, 0.2) is 48.5 Å². The van der Waals surface area contributed by atoms with Crippen LogP contribution in [-0.2, 0) is 0 Å². The third kappa shape index (κ3) is 0.948. The summed E-state index contributed by atoms with van der Waals surface area (Å²) in [6, 6.07) is 13.4. The Morgan fingerprint density at radius 2 is 1.25 bits per heavy atom. The number of benzene rings is 2. The van der Waals surface area contributed by atoms with Crippen molar-refractivity contribution in [3.63, 3.8) is 0 Å². The van der Waals surface area contributed by atoms with E-state index in [-0.39, 0.29) is 0 Å². The molecule has 0 heterocycles. The Morgan fingerprint density at radius 3 is 1.75 bits per heavy atom. The van der Waals surface area contributed by atoms with Gasteiger partial charge in [-0.3, -0.25) is 0 Å². The summed E-state index contributed by atoms with van der Waals surface area (Å²) >= 11 is 0. The number of rotatable bonds is 0. The Kier molecular flexibility index (Phi) is 1.28. The van der Waals surface area contributed by atoms with Gasteiger partial charge in [-0.1, -0.05) is 48.5 Å². The molecule has 0 radical (unpaired) electrons. The molecule has 78 valence electrons. The molecule has 0 spiro atoms. The summed E-state index contributed by atoms with van der Waals surface area (Å²) in [4.78, 5) is 0. The van der Waals surface area contributed by atoms with Gasteiger partial charge >= 0.3 is 0 Å². The molecule has 5 rings (SSSR count). The molecule has 0 amide bonds. The van der Waals surface area contributed by atoms with E-state index >= 15 is 0 Å². The van der Waals surface area contributed by atoms with E-state index in [1.54, 1.807) is 0 Å². The monoisotopic (exact) mass is 208 g/mol. The standard InChI is InChI=1S/C16H14/c1-2-6-12-11(5-1)15-9-10-16(12)14-8-4-3-7-13(14)15/h1-8,15-16H,9-10H2/i5D,8D. The first kappa shape index (κ1) is 6.90. The van der Waals surface area contributed by atoms with Crippen LogP contribution in [-0.4, -0.2) is 0 Å². The van der Waals surface area contributed by atoms with Gasteiger partial charge in [-0.25, -0.2) is 0 Å². The summed E-state index contributed by atoms with van der Waals surface area (Å²) in [5.74, 6) is 0.693. The predicted molar refractivity (Wildman–Crippen MR) is 65.8 cm³/mol. The van der Waals surface area contributed by atoms with Crippen LogP contribution >= 0.6 is 0 Å². The molecule has 0 heteroatoms. The molecule has 0 aliphatic heterocycles. The van der Waals surface area contributed by atoms with Gasteiger partial charge in [0.25, 0.3) is 0 Å². The molecular weight excluding hydrogens is 192 g/mol. The van der Waals surface area contributed by atoms with E-state index in [4.69, 9.17) is 2.74 Å². The van der Waals surface area contributed by atoms with Gasteiger partial charge in [0.05, 0.1) is 2.74 Å². The SMILES string of the molecule is [2H]c1cccc2c1C1CCC2c2c([2H])cccc21. The van der Waals surface area contributed by atoms with Crippen LogP contribution in [0.3, 0.4) is 0 Å². The van der Waals surface area contributed by atoms with Gasteiger partial charge in [-0.2, -0.15) is 0 Å². The topological polar surface area (TPSA) is 0 Å². The van der Waals surface area contributed by atoms with E-state index in [0.29, 0.717) is 23.9 Å². The molecule has 0 saturated carbocycles. The maximum atomic E-state index is 8.15. The first-order valence-corrected chi connectivity index (χ1v) is 5.96. The van der Waals surface area contributed by atoms with Gasteiger partial charge in [0.15, 0.2) is 0 Å². The highest BCUT2D eigenvalue weighted by Gasteiger charge is 2.36. The fourth-order valence-electron chi connectivity index (χ4n) is 3.38. The zero-order valence-corrected chi connectivity index (χ0v) is 9.03. The normalized spacial score (nSPS) is 26.8. The summed E-state index contributed by atoms with van der Waals surface area (Å²) in [7, 11) is 0. The lowest BCUT2D eigenvalue weighted by atomic mass is 9.64. The van der Waals surface area contributed by atoms with Crippen molar-refractivity contribution in [2.45, 2.75) is 24.7 Å². The molecule has 0 nitrogen and oxygen atoms in total. The predicted octanol–water partition coefficient (Wildman–Crippen LogP) is 4.06. The average molecular weight is 208 g/mol. The van der Waals surface area contributed by atoms with Crippen molar-refractivity contribution in [1.29, 1.82) is 0 Å². The van der Waals surface area contributed by atoms with Crippen molar-refractivity contribution >= 4 is 0 Å². The molecule has 0 fully saturated rings. The van der Waals surface area contributed by atoms with Crippen molar-refractivity contribution in [1.82, 2.24) is 0 Å². The third-order valence-electron chi connectivity index (χ3n) is 4.04. The minimum absolute atomic E-state index is 0.346. The van der Waals surface area contributed by atoms with E-state index in [9.17, 15) is 0 Å². The first-order chi connectivity index (χ1) is 8.77. The largest absolute Gasteiger partial charge is 0.0626 e. The first-order valence-electron chi connectivity index (χ1n) is 6.96. The Morgan fingerprint density at radius 1 is 0.750 bits per heavy atom. The van der Waals surface area contributed by atoms with Crippen LogP contribution in [0.4, 0.5) is 0 Å². The third-order valence-corrected chi connectivity index (χ3v) is 4.04. The fraction of sp³-hybridized carbons (Fsp3) is 0.250. The Balaban J connectivity index is 2.06. The van der Waals surface area contributed by atoms with Gasteiger partial charge in [-0.05, 0) is 35.1 Å². The van der Waals surface area contributed by atoms with Crippen molar-refractivity contribution in [2.24, 2.45) is 0 Å². The van der Waals surface area contributed by atoms with E-state index in [0.717, 1.165) is 12.8 Å². The Hall–Kier alpha value is -1.56. The summed E-state index contributed by atoms with van der Waals surface area (Å²) in [5, 5.41) is 0. The van der Waals surface area contributed by atoms with Crippen molar-refractivity contribution in [3.05, 3.63) is 70.7 Å². The molecule has 0 N–H and O–H groups in total. The van der Waals surface area contributed by atoms with Crippen LogP contribution < -0.4 is 0 Å². The van der Waals surface area contributed by atoms with Crippen molar-refractivity contribution < 1.29 is 2.74 Å². The quantitative estimate of drug-likeness (QED) is 0.612. The van der Waals surface area contributed by atoms with Gasteiger partial charge in [0.2, 0.25) is 0 Å². The lowest BCUT2D eigenvalue weighted by molar-refractivity contribution is 0.520. The summed E-state index contributed by atoms with van der Waals surface area (Å²) < 4.78 is 16.3. The average Bonchev–Trinajstić information content (AvgIpc) is 2.40. The number of fused-ring (bicyclic) bond motifs is 1. The molecule has 0 aromatic heterocycles. The highest BCUT2D eigenvalue weighted by atomic mass is 14.4. The van der Waals surface area contributed by atoms with E-state index in [1.807, 2.05) is 24.3 Å². The number of hydrogen-bond acceptors (Lipinski definition) is 0. The van der Waals surface area contributed by atoms with E-state index in [2.05, 4.69) is 12.1 Å². The lowest BCUT2D eigenvalue weighted by Gasteiger charge is -2.40. The Labute approximate surface area is 98.7 Å². The van der Waals surface area contributed by atoms with Crippen molar-refractivity contribution in [2.75, 3.05) is 0 Å². The second-order valence-corrected chi connectivity index (χ2v) is 4.76. The van der Waals surface area contributed by atoms with Crippen LogP contribution in [0.25, 0.3) is 0 Å². The molecule has 3 aliphatic carbocycles. The molecule has 3 aliphatic rings. The van der Waals surface area contributed by atoms with Gasteiger partial charge < -0.3 is 0 Å². The van der Waals surface area contributed by atoms with Crippen LogP contribution in [0.5, 0.6) is 0 Å². The van der Waals surface area contributed by atoms with Crippen LogP contribution in [0.2, 0.25) is 0 Å². The minimum Gasteiger partial charge on any atom is -0.0620 e. The van der Waals surface area contributed by atoms with Crippen LogP contribution in [0.1, 0.15) is 49.7 Å². The smallest absolute Gasteiger partial charge is 0.0620 e. The zero-order valence-electron chi connectivity index (χ0n) is 11.0. The molecular formula is C16H14. The molecule has 0 saturated heterocycles. The van der Waals surface area contributed by atoms with Gasteiger partial charge in [-0.15, -0.1) is 0 Å². The highest BCUT2D eigenvalue weighted by molar-refractivity contribution is 5.54. The van der Waals surface area contributed by atoms with Crippen LogP contribution in [0, 0.1) is 0 Å². The molecule has 16 heavy (non-hydrogen) atoms. The zero-order chi connectivity index (χ0) is 12.3. The molecule has 2 aromatic carbocycles. The van der Waals surface area contributed by atoms with Gasteiger partial charge in [0.1, 0.15) is 0 Å². The lowest BCUT2D eigenvalue weighted by Crippen LogP contribution is -2.24. The fourth-order valence-corrected chi connectivity index (χ4v) is 3.38. The van der Waals surface area contributed by atoms with Crippen molar-refractivity contribution in [3.8, 4) is 0 Å².